The van der Waals surface area contributed by atoms with Gasteiger partial charge in [-0.05, 0) is 228 Å². The fraction of sp³-hybridized carbons (Fsp3) is 0.386. The molecule has 4 heterocycles. The summed E-state index contributed by atoms with van der Waals surface area (Å²) in [6, 6.07) is 62.4. The average Bonchev–Trinajstić information content (AvgIpc) is 0.891. The Balaban J connectivity index is 0.914. The Hall–Kier alpha value is -12.1. The maximum atomic E-state index is 17.6. The van der Waals surface area contributed by atoms with Crippen molar-refractivity contribution < 1.29 is 57.2 Å². The molecule has 0 radical (unpaired) electrons. The van der Waals surface area contributed by atoms with Gasteiger partial charge in [0.25, 0.3) is 23.6 Å². The number of benzene rings is 13. The highest BCUT2D eigenvalue weighted by molar-refractivity contribution is 6.45. The molecule has 6 aliphatic rings. The van der Waals surface area contributed by atoms with Crippen molar-refractivity contribution in [1.82, 2.24) is 30.2 Å². The number of ether oxygens (including phenoxy) is 6. The number of rotatable bonds is 26. The predicted molar refractivity (Wildman–Crippen MR) is 524 cm³/mol. The molecule has 2 aliphatic carbocycles. The SMILES string of the molecule is CC(C)N(C(=O)C(Cc1cccc2ccccc12)N1C(=O)c2cc(Oc3ccc(C(C)(C)C)cc3)c3c4c(Oc5ccc(C(C)(C)C)cc5)cc5c6c(cc(Oc7ccc(C(C)(C)C)cc7)c(c7c(Oc8ccc(C(C)(C)C)cc8)cc(c2c37)C1=O)c64)C(=O)N(C(Cc1cccc2ccccc12)C(=O)N(C(C)C)C1CCCC(NCC2CO2)C1)C5=O)C1CCCC(NCC2CO2)C1. The zero-order valence-electron chi connectivity index (χ0n) is 79.0. The molecule has 4 fully saturated rings. The summed E-state index contributed by atoms with van der Waals surface area (Å²) in [4.78, 5) is 111. The number of fused-ring (bicyclic) bond motifs is 4. The van der Waals surface area contributed by atoms with Crippen LogP contribution in [0.25, 0.3) is 64.6 Å². The molecular weight excluding hydrogens is 1650 g/mol. The van der Waals surface area contributed by atoms with E-state index in [1.807, 2.05) is 219 Å². The van der Waals surface area contributed by atoms with E-state index < -0.39 is 35.7 Å². The zero-order valence-corrected chi connectivity index (χ0v) is 79.0. The molecule has 19 rings (SSSR count). The van der Waals surface area contributed by atoms with Crippen molar-refractivity contribution in [1.29, 1.82) is 0 Å². The van der Waals surface area contributed by atoms with E-state index in [0.717, 1.165) is 80.6 Å². The Morgan fingerprint density at radius 3 is 0.924 bits per heavy atom. The highest BCUT2D eigenvalue weighted by Crippen LogP contribution is 2.59. The van der Waals surface area contributed by atoms with E-state index in [0.29, 0.717) is 107 Å². The van der Waals surface area contributed by atoms with Crippen molar-refractivity contribution in [3.63, 3.8) is 0 Å². The van der Waals surface area contributed by atoms with Crippen LogP contribution in [0.4, 0.5) is 0 Å². The molecule has 0 spiro atoms. The van der Waals surface area contributed by atoms with Crippen molar-refractivity contribution in [2.75, 3.05) is 26.3 Å². The molecule has 8 unspecified atom stereocenters. The zero-order chi connectivity index (χ0) is 92.5. The molecule has 680 valence electrons. The fourth-order valence-corrected chi connectivity index (χ4v) is 21.2. The number of nitrogens with one attached hydrogen (secondary N) is 2. The van der Waals surface area contributed by atoms with E-state index >= 15 is 28.8 Å². The van der Waals surface area contributed by atoms with Gasteiger partial charge in [0.1, 0.15) is 58.1 Å². The third-order valence-corrected chi connectivity index (χ3v) is 28.3. The van der Waals surface area contributed by atoms with Crippen LogP contribution in [0.3, 0.4) is 0 Å². The van der Waals surface area contributed by atoms with Gasteiger partial charge in [0.2, 0.25) is 11.8 Å². The molecule has 2 saturated heterocycles. The number of imide groups is 2. The monoisotopic (exact) mass is 1770 g/mol. The molecule has 2 N–H and O–H groups in total. The molecule has 6 amide bonds. The van der Waals surface area contributed by atoms with Crippen LogP contribution in [-0.2, 0) is 53.6 Å². The molecule has 0 bridgehead atoms. The molecule has 0 aromatic heterocycles. The second kappa shape index (κ2) is 34.8. The smallest absolute Gasteiger partial charge is 0.262 e. The number of hydrogen-bond acceptors (Lipinski definition) is 14. The second-order valence-electron chi connectivity index (χ2n) is 42.3. The maximum Gasteiger partial charge on any atom is 0.262 e. The standard InChI is InChI=1S/C114H122N6O12/c1-65(2)117(77-33-23-31-75(55-77)115-61-83-63-127-83)109(125)91(53-69-29-21-27-67-25-17-19-35-85(67)69)119-105(121)87-57-93(129-79-45-37-71(38-46-79)111(5,6)7)99-101-95(131-81-49-41-73(42-50-81)113(11,12)13)59-89-98-90(108(124)120(107(89)123)92(54-70-30-22-28-68-26-18-20-36-86(68)70)110(126)118(66(3)4)78-34-24-32-76(56-78)116-62-84-64-128-84)60-96(132-82-51-43-74(44-52-82)114(14,15)16)102(104(98)101)100-94(58-88(106(119)122)97(87)103(99)100)130-80-47-39-72(40-48-80)112(8,9)10/h17-22,25-30,35-52,57-60,65-66,75-78,83-84,91-92,115-116H,23-24,31-34,53-56,61-64H2,1-16H3. The fourth-order valence-electron chi connectivity index (χ4n) is 21.2. The van der Waals surface area contributed by atoms with E-state index in [1.54, 1.807) is 24.3 Å². The summed E-state index contributed by atoms with van der Waals surface area (Å²) in [5.74, 6) is -1.59. The van der Waals surface area contributed by atoms with Crippen molar-refractivity contribution in [3.05, 3.63) is 262 Å². The lowest BCUT2D eigenvalue weighted by molar-refractivity contribution is -0.141. The van der Waals surface area contributed by atoms with Crippen LogP contribution in [0.2, 0.25) is 0 Å². The Labute approximate surface area is 774 Å². The normalized spacial score (nSPS) is 19.3. The van der Waals surface area contributed by atoms with Crippen molar-refractivity contribution >= 4 is 100 Å². The van der Waals surface area contributed by atoms with Crippen LogP contribution in [0, 0.1) is 0 Å². The minimum Gasteiger partial charge on any atom is -0.457 e. The van der Waals surface area contributed by atoms with Crippen LogP contribution >= 0.6 is 0 Å². The van der Waals surface area contributed by atoms with Gasteiger partial charge in [-0.1, -0.05) is 217 Å². The summed E-state index contributed by atoms with van der Waals surface area (Å²) in [5.41, 5.74) is 4.77. The molecule has 2 saturated carbocycles. The number of carbonyl (C=O) groups excluding carboxylic acids is 6. The number of epoxide rings is 2. The summed E-state index contributed by atoms with van der Waals surface area (Å²) in [5, 5.41) is 13.6. The molecule has 8 atom stereocenters. The van der Waals surface area contributed by atoms with Gasteiger partial charge in [0.15, 0.2) is 0 Å². The molecule has 18 nitrogen and oxygen atoms in total. The van der Waals surface area contributed by atoms with Crippen molar-refractivity contribution in [3.8, 4) is 46.0 Å². The number of carbonyl (C=O) groups is 6. The summed E-state index contributed by atoms with van der Waals surface area (Å²) in [6.45, 7) is 36.6. The Kier molecular flexibility index (Phi) is 23.5. The molecule has 18 heteroatoms. The first-order valence-electron chi connectivity index (χ1n) is 47.6. The van der Waals surface area contributed by atoms with Crippen LogP contribution in [-0.4, -0.2) is 142 Å². The van der Waals surface area contributed by atoms with Crippen LogP contribution in [0.1, 0.15) is 237 Å². The molecule has 13 aromatic carbocycles. The van der Waals surface area contributed by atoms with Crippen molar-refractivity contribution in [2.24, 2.45) is 0 Å². The molecular formula is C114H122N6O12. The summed E-state index contributed by atoms with van der Waals surface area (Å²) in [7, 11) is 0. The van der Waals surface area contributed by atoms with Gasteiger partial charge >= 0.3 is 0 Å². The topological polar surface area (TPSA) is 201 Å². The first-order valence-corrected chi connectivity index (χ1v) is 47.6. The van der Waals surface area contributed by atoms with Gasteiger partial charge < -0.3 is 48.9 Å². The summed E-state index contributed by atoms with van der Waals surface area (Å²) in [6.07, 6.45) is 6.50. The first kappa shape index (κ1) is 89.2. The third-order valence-electron chi connectivity index (χ3n) is 28.3. The lowest BCUT2D eigenvalue weighted by Gasteiger charge is -2.44. The van der Waals surface area contributed by atoms with Crippen LogP contribution < -0.4 is 29.6 Å². The maximum absolute atomic E-state index is 17.6. The van der Waals surface area contributed by atoms with E-state index in [9.17, 15) is 0 Å². The van der Waals surface area contributed by atoms with E-state index in [-0.39, 0.29) is 151 Å². The van der Waals surface area contributed by atoms with E-state index in [1.165, 1.54) is 9.80 Å². The van der Waals surface area contributed by atoms with Crippen LogP contribution in [0.5, 0.6) is 46.0 Å². The minimum atomic E-state index is -1.42. The van der Waals surface area contributed by atoms with Crippen molar-refractivity contribution in [2.45, 2.75) is 257 Å². The highest BCUT2D eigenvalue weighted by atomic mass is 16.6. The largest absolute Gasteiger partial charge is 0.457 e. The number of amides is 6. The lowest BCUT2D eigenvalue weighted by atomic mass is 9.80. The Bertz CT molecular complexity index is 6020. The van der Waals surface area contributed by atoms with Gasteiger partial charge in [0.05, 0.1) is 47.7 Å². The highest BCUT2D eigenvalue weighted by Gasteiger charge is 2.50. The van der Waals surface area contributed by atoms with Gasteiger partial charge in [-0.2, -0.15) is 0 Å². The second-order valence-corrected chi connectivity index (χ2v) is 42.3. The molecule has 13 aromatic rings. The molecule has 132 heavy (non-hydrogen) atoms. The first-order chi connectivity index (χ1) is 63.1. The average molecular weight is 1770 g/mol. The van der Waals surface area contributed by atoms with Gasteiger partial charge in [-0.3, -0.25) is 38.6 Å². The summed E-state index contributed by atoms with van der Waals surface area (Å²) >= 11 is 0. The molecule has 4 aliphatic heterocycles. The lowest BCUT2D eigenvalue weighted by Crippen LogP contribution is -2.59. The van der Waals surface area contributed by atoms with E-state index in [2.05, 4.69) is 93.7 Å². The Morgan fingerprint density at radius 1 is 0.371 bits per heavy atom. The van der Waals surface area contributed by atoms with Gasteiger partial charge in [-0.15, -0.1) is 0 Å². The van der Waals surface area contributed by atoms with E-state index in [4.69, 9.17) is 28.4 Å². The number of nitrogens with zero attached hydrogens (tertiary/aromatic N) is 4. The predicted octanol–water partition coefficient (Wildman–Crippen LogP) is 23.9. The summed E-state index contributed by atoms with van der Waals surface area (Å²) < 4.78 is 42.0. The minimum absolute atomic E-state index is 0.0385. The van der Waals surface area contributed by atoms with Crippen LogP contribution in [0.15, 0.2) is 206 Å². The quantitative estimate of drug-likeness (QED) is 0.0224. The Morgan fingerprint density at radius 2 is 0.652 bits per heavy atom. The third kappa shape index (κ3) is 17.2. The van der Waals surface area contributed by atoms with Gasteiger partial charge in [-0.25, -0.2) is 0 Å². The van der Waals surface area contributed by atoms with Gasteiger partial charge in [0, 0.05) is 105 Å². The number of hydrogen-bond donors (Lipinski definition) is 2.